The van der Waals surface area contributed by atoms with Crippen LogP contribution in [-0.2, 0) is 9.53 Å². The summed E-state index contributed by atoms with van der Waals surface area (Å²) in [6.07, 6.45) is 2.03. The van der Waals surface area contributed by atoms with Gasteiger partial charge >= 0.3 is 5.97 Å². The fourth-order valence-electron chi connectivity index (χ4n) is 3.33. The Balaban J connectivity index is 1.86. The van der Waals surface area contributed by atoms with Gasteiger partial charge in [-0.2, -0.15) is 0 Å². The lowest BCUT2D eigenvalue weighted by Crippen LogP contribution is -2.32. The van der Waals surface area contributed by atoms with E-state index < -0.39 is 17.7 Å². The fourth-order valence-corrected chi connectivity index (χ4v) is 3.74. The molecule has 0 spiro atoms. The van der Waals surface area contributed by atoms with Crippen molar-refractivity contribution in [3.8, 4) is 0 Å². The molecule has 0 bridgehead atoms. The number of carbonyl (C=O) groups excluding carboxylic acids is 3. The van der Waals surface area contributed by atoms with E-state index in [0.29, 0.717) is 11.1 Å². The molecule has 1 atom stereocenters. The number of allylic oxidation sites excluding steroid dienone is 2. The molecule has 1 heterocycles. The summed E-state index contributed by atoms with van der Waals surface area (Å²) in [6.45, 7) is 0. The van der Waals surface area contributed by atoms with E-state index >= 15 is 0 Å². The van der Waals surface area contributed by atoms with Crippen LogP contribution >= 0.6 is 11.8 Å². The Morgan fingerprint density at radius 1 is 0.920 bits per heavy atom. The highest BCUT2D eigenvalue weighted by Gasteiger charge is 2.42. The van der Waals surface area contributed by atoms with Crippen molar-refractivity contribution in [2.24, 2.45) is 0 Å². The topological polar surface area (TPSA) is 60.4 Å². The van der Waals surface area contributed by atoms with Crippen LogP contribution < -0.4 is 0 Å². The third-order valence-corrected chi connectivity index (χ3v) is 5.31. The number of ketones is 2. The van der Waals surface area contributed by atoms with Gasteiger partial charge in [0.05, 0.1) is 12.0 Å². The lowest BCUT2D eigenvalue weighted by molar-refractivity contribution is -0.140. The summed E-state index contributed by atoms with van der Waals surface area (Å²) in [5, 5.41) is 0. The maximum Gasteiger partial charge on any atom is 0.312 e. The monoisotopic (exact) mass is 350 g/mol. The van der Waals surface area contributed by atoms with Crippen molar-refractivity contribution in [2.45, 2.75) is 17.2 Å². The van der Waals surface area contributed by atoms with Crippen LogP contribution in [0.3, 0.4) is 0 Å². The molecule has 2 aromatic rings. The molecule has 25 heavy (non-hydrogen) atoms. The van der Waals surface area contributed by atoms with Crippen molar-refractivity contribution in [1.29, 1.82) is 0 Å². The Morgan fingerprint density at radius 3 is 2.20 bits per heavy atom. The molecular weight excluding hydrogens is 336 g/mol. The van der Waals surface area contributed by atoms with Crippen molar-refractivity contribution in [2.75, 3.05) is 6.26 Å². The summed E-state index contributed by atoms with van der Waals surface area (Å²) in [7, 11) is 0. The van der Waals surface area contributed by atoms with Gasteiger partial charge in [0.15, 0.2) is 11.5 Å². The third kappa shape index (κ3) is 2.51. The summed E-state index contributed by atoms with van der Waals surface area (Å²) >= 11 is 1.61. The van der Waals surface area contributed by atoms with Gasteiger partial charge in [0.1, 0.15) is 0 Å². The molecule has 0 unspecified atom stereocenters. The molecule has 2 aliphatic rings. The Kier molecular flexibility index (Phi) is 3.81. The van der Waals surface area contributed by atoms with Crippen LogP contribution in [0.5, 0.6) is 0 Å². The SMILES string of the molecule is CSc1ccc([C@@H]2CC(=O)OC3=C2C(=O)c2ccccc2C3=O)cc1. The number of hydrogen-bond acceptors (Lipinski definition) is 5. The third-order valence-electron chi connectivity index (χ3n) is 4.57. The lowest BCUT2D eigenvalue weighted by atomic mass is 9.77. The van der Waals surface area contributed by atoms with Crippen LogP contribution in [-0.4, -0.2) is 23.8 Å². The molecule has 2 aromatic carbocycles. The molecule has 0 saturated carbocycles. The first-order valence-corrected chi connectivity index (χ1v) is 9.10. The molecule has 0 aromatic heterocycles. The van der Waals surface area contributed by atoms with Gasteiger partial charge in [-0.15, -0.1) is 11.8 Å². The predicted octanol–water partition coefficient (Wildman–Crippen LogP) is 3.77. The highest BCUT2D eigenvalue weighted by molar-refractivity contribution is 7.98. The number of esters is 1. The van der Waals surface area contributed by atoms with E-state index in [1.54, 1.807) is 36.0 Å². The molecule has 1 aliphatic carbocycles. The van der Waals surface area contributed by atoms with Gasteiger partial charge in [-0.3, -0.25) is 14.4 Å². The van der Waals surface area contributed by atoms with Crippen LogP contribution in [0.2, 0.25) is 0 Å². The van der Waals surface area contributed by atoms with Gasteiger partial charge in [0.2, 0.25) is 5.78 Å². The van der Waals surface area contributed by atoms with Crippen LogP contribution in [0, 0.1) is 0 Å². The number of hydrogen-bond donors (Lipinski definition) is 0. The first-order valence-electron chi connectivity index (χ1n) is 7.87. The molecule has 0 radical (unpaired) electrons. The lowest BCUT2D eigenvalue weighted by Gasteiger charge is -2.30. The zero-order valence-corrected chi connectivity index (χ0v) is 14.3. The minimum absolute atomic E-state index is 0.0542. The smallest absolute Gasteiger partial charge is 0.312 e. The van der Waals surface area contributed by atoms with E-state index in [1.165, 1.54) is 0 Å². The molecule has 0 saturated heterocycles. The predicted molar refractivity (Wildman–Crippen MR) is 93.8 cm³/mol. The van der Waals surface area contributed by atoms with E-state index in [4.69, 9.17) is 4.74 Å². The van der Waals surface area contributed by atoms with E-state index in [-0.39, 0.29) is 23.5 Å². The van der Waals surface area contributed by atoms with Crippen molar-refractivity contribution in [3.63, 3.8) is 0 Å². The summed E-state index contributed by atoms with van der Waals surface area (Å²) in [5.74, 6) is -1.70. The van der Waals surface area contributed by atoms with Gasteiger partial charge in [-0.25, -0.2) is 0 Å². The Morgan fingerprint density at radius 2 is 1.56 bits per heavy atom. The van der Waals surface area contributed by atoms with Crippen molar-refractivity contribution in [3.05, 3.63) is 76.6 Å². The standard InChI is InChI=1S/C20H14O4S/c1-25-12-8-6-11(7-9-12)15-10-16(21)24-20-17(15)18(22)13-4-2-3-5-14(13)19(20)23/h2-9,15H,10H2,1H3/t15-/m0/s1. The summed E-state index contributed by atoms with van der Waals surface area (Å²) < 4.78 is 5.19. The first-order chi connectivity index (χ1) is 12.1. The van der Waals surface area contributed by atoms with Gasteiger partial charge in [0, 0.05) is 21.9 Å². The molecule has 1 aliphatic heterocycles. The zero-order chi connectivity index (χ0) is 17.6. The minimum atomic E-state index is -0.488. The van der Waals surface area contributed by atoms with E-state index in [0.717, 1.165) is 10.5 Å². The fraction of sp³-hybridized carbons (Fsp3) is 0.150. The molecule has 0 N–H and O–H groups in total. The second-order valence-electron chi connectivity index (χ2n) is 5.95. The number of Topliss-reactive ketones (excluding diaryl/α,β-unsaturated/α-hetero) is 2. The van der Waals surface area contributed by atoms with Crippen molar-refractivity contribution < 1.29 is 19.1 Å². The Hall–Kier alpha value is -2.66. The molecule has 4 rings (SSSR count). The normalized spacial score (nSPS) is 19.4. The highest BCUT2D eigenvalue weighted by atomic mass is 32.2. The number of ether oxygens (including phenoxy) is 1. The molecule has 0 fully saturated rings. The Labute approximate surface area is 148 Å². The number of rotatable bonds is 2. The quantitative estimate of drug-likeness (QED) is 0.609. The molecule has 4 nitrogen and oxygen atoms in total. The number of carbonyl (C=O) groups is 3. The maximum atomic E-state index is 13.0. The number of fused-ring (bicyclic) bond motifs is 1. The molecular formula is C20H14O4S. The van der Waals surface area contributed by atoms with Crippen LogP contribution in [0.4, 0.5) is 0 Å². The summed E-state index contributed by atoms with van der Waals surface area (Å²) in [4.78, 5) is 38.9. The number of benzene rings is 2. The second-order valence-corrected chi connectivity index (χ2v) is 6.83. The van der Waals surface area contributed by atoms with Crippen LogP contribution in [0.1, 0.15) is 38.6 Å². The van der Waals surface area contributed by atoms with Gasteiger partial charge in [-0.05, 0) is 24.0 Å². The second kappa shape index (κ2) is 6.01. The van der Waals surface area contributed by atoms with Crippen molar-refractivity contribution in [1.82, 2.24) is 0 Å². The van der Waals surface area contributed by atoms with Gasteiger partial charge in [-0.1, -0.05) is 36.4 Å². The first kappa shape index (κ1) is 15.8. The maximum absolute atomic E-state index is 13.0. The van der Waals surface area contributed by atoms with E-state index in [9.17, 15) is 14.4 Å². The highest BCUT2D eigenvalue weighted by Crippen LogP contribution is 2.41. The Bertz CT molecular complexity index is 940. The van der Waals surface area contributed by atoms with E-state index in [1.807, 2.05) is 30.5 Å². The van der Waals surface area contributed by atoms with E-state index in [2.05, 4.69) is 0 Å². The molecule has 0 amide bonds. The average Bonchev–Trinajstić information content (AvgIpc) is 2.65. The van der Waals surface area contributed by atoms with Gasteiger partial charge < -0.3 is 4.74 Å². The summed E-state index contributed by atoms with van der Waals surface area (Å²) in [5.41, 5.74) is 1.79. The van der Waals surface area contributed by atoms with Crippen LogP contribution in [0.25, 0.3) is 0 Å². The summed E-state index contributed by atoms with van der Waals surface area (Å²) in [6, 6.07) is 14.3. The molecule has 5 heteroatoms. The number of thioether (sulfide) groups is 1. The minimum Gasteiger partial charge on any atom is -0.422 e. The zero-order valence-electron chi connectivity index (χ0n) is 13.4. The largest absolute Gasteiger partial charge is 0.422 e. The average molecular weight is 350 g/mol. The van der Waals surface area contributed by atoms with Gasteiger partial charge in [0.25, 0.3) is 0 Å². The molecule has 124 valence electrons. The van der Waals surface area contributed by atoms with Crippen LogP contribution in [0.15, 0.2) is 64.8 Å². The van der Waals surface area contributed by atoms with Crippen molar-refractivity contribution >= 4 is 29.3 Å².